The Balaban J connectivity index is 1.26. The number of nitrogens with one attached hydrogen (secondary N) is 2. The molecule has 2 aliphatic carbocycles. The number of aliphatic imine (C=N–C) groups is 1. The molecule has 1 spiro atoms. The molecule has 14 nitrogen and oxygen atoms in total. The fraction of sp³-hybridized carbons (Fsp3) is 0.500. The molecule has 0 aromatic heterocycles. The number of hydrogen-bond acceptors (Lipinski definition) is 13. The van der Waals surface area contributed by atoms with E-state index in [2.05, 4.69) is 48.2 Å². The summed E-state index contributed by atoms with van der Waals surface area (Å²) in [5.74, 6) is -2.03. The quantitative estimate of drug-likeness (QED) is 0.0290. The smallest absolute Gasteiger partial charge is 0.243 e. The van der Waals surface area contributed by atoms with Crippen molar-refractivity contribution in [3.8, 4) is 5.75 Å². The van der Waals surface area contributed by atoms with Gasteiger partial charge in [-0.2, -0.15) is 0 Å². The Labute approximate surface area is 468 Å². The van der Waals surface area contributed by atoms with Crippen LogP contribution in [0.25, 0.3) is 0 Å². The number of hydrogen-bond donors (Lipinski definition) is 11. The molecule has 78 heavy (non-hydrogen) atoms. The van der Waals surface area contributed by atoms with E-state index in [1.54, 1.807) is 40.6 Å². The van der Waals surface area contributed by atoms with Gasteiger partial charge in [-0.05, 0) is 160 Å². The number of β-amino-alcohol motifs (C(OH)–C–C–N with tert-alkyl or cyclic N) is 1. The fourth-order valence-electron chi connectivity index (χ4n) is 13.7. The molecule has 12 unspecified atom stereocenters. The van der Waals surface area contributed by atoms with Crippen molar-refractivity contribution in [2.24, 2.45) is 45.4 Å². The summed E-state index contributed by atoms with van der Waals surface area (Å²) in [6.07, 6.45) is 8.06. The highest BCUT2D eigenvalue weighted by Crippen LogP contribution is 2.63. The van der Waals surface area contributed by atoms with Gasteiger partial charge in [0.05, 0.1) is 30.5 Å². The van der Waals surface area contributed by atoms with Crippen LogP contribution in [0.5, 0.6) is 5.75 Å². The molecule has 12 atom stereocenters. The van der Waals surface area contributed by atoms with Gasteiger partial charge in [-0.15, -0.1) is 0 Å². The molecule has 420 valence electrons. The standard InChI is InChI=1S/C62H82N6O8S2/c1-35(2)9-6-10-36(3)11-7-14-41(32-69)46-24-26-62(57(46)74)51-22-20-44(71)28-38-12-8-13-40(27-38)50-34-78-77-33-42-17-21-47-55(48(42)29-52(72)37(4)45(51)23-25-61(62,5)76)56(59(75)68-58(47)63)66-31-53(73)54(50)49(30-67-60(64)65)39-15-18-43(70)19-16-39/h7-9,11-19,21,27,44,46,49-51,53-54,56-58,66,69-71,73-74,76H,3,6,10,20,22-26,28-34,63H2,1-2,4-5H3,(H,68,75)(H4,64,65,67). The topological polar surface area (TPSA) is 270 Å². The SMILES string of the molecule is C=C(C=CC=C(CO)C1CCC2(C3CCC(O)Cc4cccc(c4)C4CSSCc5ccc6c(c5CC(=O)C(C)=C3CCC2(C)O)C(NCC(O)C4C(CN=C(N)N)c2ccc(O)cc2)C(=O)NC6N)C1O)CCC=C(C)C. The van der Waals surface area contributed by atoms with Crippen LogP contribution in [0.2, 0.25) is 0 Å². The molecular formula is C62H82N6O8S2. The zero-order valence-corrected chi connectivity index (χ0v) is 47.3. The molecule has 14 N–H and O–H groups in total. The number of amides is 1. The van der Waals surface area contributed by atoms with E-state index in [4.69, 9.17) is 17.2 Å². The Morgan fingerprint density at radius 1 is 1.01 bits per heavy atom. The molecule has 2 saturated carbocycles. The Morgan fingerprint density at radius 3 is 2.51 bits per heavy atom. The summed E-state index contributed by atoms with van der Waals surface area (Å²) in [7, 11) is 3.27. The number of nitrogens with two attached hydrogens (primary N) is 3. The van der Waals surface area contributed by atoms with E-state index in [0.29, 0.717) is 71.4 Å². The number of carbonyl (C=O) groups excluding carboxylic acids is 2. The van der Waals surface area contributed by atoms with Crippen LogP contribution in [0.3, 0.4) is 0 Å². The number of rotatable bonds is 11. The maximum Gasteiger partial charge on any atom is 0.243 e. The number of fused-ring (bicyclic) bond motifs is 9. The molecular weight excluding hydrogens is 1020 g/mol. The summed E-state index contributed by atoms with van der Waals surface area (Å²) in [5.41, 5.74) is 25.8. The molecule has 6 bridgehead atoms. The van der Waals surface area contributed by atoms with Crippen LogP contribution in [-0.2, 0) is 28.2 Å². The van der Waals surface area contributed by atoms with Crippen molar-refractivity contribution < 1.29 is 40.2 Å². The maximum absolute atomic E-state index is 15.4. The van der Waals surface area contributed by atoms with Gasteiger partial charge in [0.15, 0.2) is 11.7 Å². The number of aliphatic hydroxyl groups is 5. The molecule has 1 amide bonds. The number of ketones is 1. The number of Topliss-reactive ketones (excluding diaryl/α,β-unsaturated/α-hetero) is 1. The van der Waals surface area contributed by atoms with Crippen molar-refractivity contribution in [2.45, 2.75) is 146 Å². The average molecular weight is 1100 g/mol. The molecule has 3 aromatic carbocycles. The van der Waals surface area contributed by atoms with Crippen LogP contribution in [0.15, 0.2) is 124 Å². The van der Waals surface area contributed by atoms with Gasteiger partial charge >= 0.3 is 0 Å². The first-order valence-corrected chi connectivity index (χ1v) is 30.1. The third-order valence-electron chi connectivity index (χ3n) is 17.8. The third kappa shape index (κ3) is 12.8. The Kier molecular flexibility index (Phi) is 19.4. The zero-order chi connectivity index (χ0) is 56.1. The highest BCUT2D eigenvalue weighted by molar-refractivity contribution is 8.76. The predicted molar refractivity (Wildman–Crippen MR) is 313 cm³/mol. The van der Waals surface area contributed by atoms with Crippen LogP contribution in [0.1, 0.15) is 142 Å². The van der Waals surface area contributed by atoms with Gasteiger partial charge < -0.3 is 53.2 Å². The third-order valence-corrected chi connectivity index (χ3v) is 20.2. The van der Waals surface area contributed by atoms with E-state index in [-0.39, 0.29) is 62.4 Å². The molecule has 8 rings (SSSR count). The van der Waals surface area contributed by atoms with Crippen LogP contribution in [-0.4, -0.2) is 97.7 Å². The number of carbonyl (C=O) groups is 2. The number of nitrogens with zero attached hydrogens (tertiary/aromatic N) is 1. The number of allylic oxidation sites excluding steroid dienone is 8. The lowest BCUT2D eigenvalue weighted by molar-refractivity contribution is -0.168. The van der Waals surface area contributed by atoms with Gasteiger partial charge in [-0.25, -0.2) is 0 Å². The first-order chi connectivity index (χ1) is 37.2. The van der Waals surface area contributed by atoms with Crippen molar-refractivity contribution in [3.05, 3.63) is 158 Å². The summed E-state index contributed by atoms with van der Waals surface area (Å²) in [5, 5.41) is 78.6. The van der Waals surface area contributed by atoms with Crippen LogP contribution >= 0.6 is 21.6 Å². The van der Waals surface area contributed by atoms with Crippen molar-refractivity contribution in [2.75, 3.05) is 25.4 Å². The van der Waals surface area contributed by atoms with Gasteiger partial charge in [-0.3, -0.25) is 19.9 Å². The molecule has 16 heteroatoms. The molecule has 3 aromatic rings. The minimum Gasteiger partial charge on any atom is -0.508 e. The van der Waals surface area contributed by atoms with Gasteiger partial charge in [0.2, 0.25) is 5.91 Å². The lowest BCUT2D eigenvalue weighted by Crippen LogP contribution is -2.59. The lowest BCUT2D eigenvalue weighted by atomic mass is 9.52. The van der Waals surface area contributed by atoms with Gasteiger partial charge in [0, 0.05) is 54.2 Å². The molecule has 5 aliphatic rings. The van der Waals surface area contributed by atoms with Gasteiger partial charge in [-0.1, -0.05) is 118 Å². The zero-order valence-electron chi connectivity index (χ0n) is 45.7. The number of phenols is 1. The largest absolute Gasteiger partial charge is 0.508 e. The molecule has 3 heterocycles. The van der Waals surface area contributed by atoms with Gasteiger partial charge in [0.1, 0.15) is 18.0 Å². The van der Waals surface area contributed by atoms with E-state index in [0.717, 1.165) is 46.2 Å². The van der Waals surface area contributed by atoms with Crippen LogP contribution in [0.4, 0.5) is 0 Å². The van der Waals surface area contributed by atoms with Crippen LogP contribution in [0, 0.1) is 23.2 Å². The summed E-state index contributed by atoms with van der Waals surface area (Å²) < 4.78 is 0. The lowest BCUT2D eigenvalue weighted by Gasteiger charge is -2.56. The monoisotopic (exact) mass is 1100 g/mol. The number of phenolic OH excluding ortho intramolecular Hbond substituents is 1. The summed E-state index contributed by atoms with van der Waals surface area (Å²) in [6, 6.07) is 17.8. The molecule has 3 aliphatic heterocycles. The Bertz CT molecular complexity index is 2840. The Morgan fingerprint density at radius 2 is 1.78 bits per heavy atom. The van der Waals surface area contributed by atoms with Crippen molar-refractivity contribution >= 4 is 39.2 Å². The number of guanidine groups is 1. The van der Waals surface area contributed by atoms with Crippen molar-refractivity contribution in [1.82, 2.24) is 10.6 Å². The Hall–Kier alpha value is -5.01. The van der Waals surface area contributed by atoms with E-state index >= 15 is 4.79 Å². The van der Waals surface area contributed by atoms with Crippen molar-refractivity contribution in [3.63, 3.8) is 0 Å². The second-order valence-electron chi connectivity index (χ2n) is 22.9. The number of benzene rings is 3. The maximum atomic E-state index is 15.4. The normalized spacial score (nSPS) is 30.4. The molecule has 2 fully saturated rings. The minimum absolute atomic E-state index is 0.0520. The van der Waals surface area contributed by atoms with E-state index in [1.165, 1.54) is 5.57 Å². The highest BCUT2D eigenvalue weighted by atomic mass is 33.1. The van der Waals surface area contributed by atoms with E-state index in [1.807, 2.05) is 67.6 Å². The minimum atomic E-state index is -1.38. The second kappa shape index (κ2) is 25.6. The molecule has 0 saturated heterocycles. The molecule has 0 radical (unpaired) electrons. The van der Waals surface area contributed by atoms with Crippen molar-refractivity contribution in [1.29, 1.82) is 0 Å². The van der Waals surface area contributed by atoms with E-state index < -0.39 is 71.1 Å². The first-order valence-electron chi connectivity index (χ1n) is 27.6. The number of aromatic hydroxyl groups is 1. The summed E-state index contributed by atoms with van der Waals surface area (Å²) >= 11 is 0. The fourth-order valence-corrected chi connectivity index (χ4v) is 16.2. The summed E-state index contributed by atoms with van der Waals surface area (Å²) in [4.78, 5) is 34.4. The van der Waals surface area contributed by atoms with E-state index in [9.17, 15) is 35.4 Å². The first kappa shape index (κ1) is 59.1. The second-order valence-corrected chi connectivity index (χ2v) is 25.4. The van der Waals surface area contributed by atoms with Gasteiger partial charge in [0.25, 0.3) is 0 Å². The number of aliphatic hydroxyl groups excluding tert-OH is 4. The predicted octanol–water partition coefficient (Wildman–Crippen LogP) is 7.64. The summed E-state index contributed by atoms with van der Waals surface area (Å²) in [6.45, 7) is 11.8. The average Bonchev–Trinajstić information content (AvgIpc) is 3.91. The highest BCUT2D eigenvalue weighted by Gasteiger charge is 2.64. The van der Waals surface area contributed by atoms with Crippen LogP contribution < -0.4 is 27.8 Å².